The van der Waals surface area contributed by atoms with Crippen LogP contribution in [-0.2, 0) is 5.54 Å². The first-order valence-corrected chi connectivity index (χ1v) is 6.94. The molecule has 3 rings (SSSR count). The van der Waals surface area contributed by atoms with Crippen molar-refractivity contribution in [1.29, 1.82) is 0 Å². The van der Waals surface area contributed by atoms with Crippen molar-refractivity contribution in [2.45, 2.75) is 32.7 Å². The Morgan fingerprint density at radius 3 is 2.68 bits per heavy atom. The number of rotatable bonds is 2. The molecule has 0 aromatic carbocycles. The minimum atomic E-state index is -0.531. The van der Waals surface area contributed by atoms with Gasteiger partial charge < -0.3 is 11.1 Å². The Morgan fingerprint density at radius 2 is 2.00 bits per heavy atom. The quantitative estimate of drug-likeness (QED) is 0.873. The number of nitrogen functional groups attached to an aromatic ring is 1. The minimum absolute atomic E-state index is 0.00238. The van der Waals surface area contributed by atoms with E-state index in [1.165, 1.54) is 6.33 Å². The van der Waals surface area contributed by atoms with Crippen LogP contribution in [0.1, 0.15) is 36.3 Å². The first-order valence-electron chi connectivity index (χ1n) is 6.94. The van der Waals surface area contributed by atoms with Crippen LogP contribution in [0.4, 0.5) is 17.3 Å². The number of nitrogens with zero attached hydrogens (tertiary/aromatic N) is 3. The van der Waals surface area contributed by atoms with E-state index < -0.39 is 5.54 Å². The first kappa shape index (κ1) is 14.2. The summed E-state index contributed by atoms with van der Waals surface area (Å²) in [6, 6.07) is 3.22. The Labute approximate surface area is 127 Å². The van der Waals surface area contributed by atoms with Gasteiger partial charge in [-0.1, -0.05) is 0 Å². The molecule has 7 heteroatoms. The van der Waals surface area contributed by atoms with Crippen LogP contribution < -0.4 is 16.6 Å². The van der Waals surface area contributed by atoms with E-state index in [2.05, 4.69) is 15.3 Å². The van der Waals surface area contributed by atoms with Crippen LogP contribution in [0.3, 0.4) is 0 Å². The monoisotopic (exact) mass is 299 g/mol. The summed E-state index contributed by atoms with van der Waals surface area (Å²) in [5.74, 6) is 0.745. The molecule has 2 aromatic heterocycles. The lowest BCUT2D eigenvalue weighted by molar-refractivity contribution is 0.0978. The Balaban J connectivity index is 2.14. The Morgan fingerprint density at radius 1 is 1.27 bits per heavy atom. The molecule has 0 saturated heterocycles. The van der Waals surface area contributed by atoms with Gasteiger partial charge in [0.05, 0.1) is 11.2 Å². The zero-order valence-corrected chi connectivity index (χ0v) is 12.7. The topological polar surface area (TPSA) is 103 Å². The van der Waals surface area contributed by atoms with E-state index in [9.17, 15) is 9.59 Å². The van der Waals surface area contributed by atoms with Gasteiger partial charge in [-0.05, 0) is 32.4 Å². The van der Waals surface area contributed by atoms with E-state index in [1.54, 1.807) is 16.7 Å². The maximum Gasteiger partial charge on any atom is 0.275 e. The number of aryl methyl sites for hydroxylation is 1. The first-order chi connectivity index (χ1) is 10.3. The van der Waals surface area contributed by atoms with Gasteiger partial charge in [0.15, 0.2) is 5.78 Å². The number of pyridine rings is 1. The van der Waals surface area contributed by atoms with E-state index in [0.717, 1.165) is 5.56 Å². The largest absolute Gasteiger partial charge is 0.384 e. The summed E-state index contributed by atoms with van der Waals surface area (Å²) in [5, 5.41) is 2.96. The number of fused-ring (bicyclic) bond motifs is 1. The number of hydrogen-bond acceptors (Lipinski definition) is 6. The molecular formula is C15H17N5O2. The third-order valence-corrected chi connectivity index (χ3v) is 3.81. The van der Waals surface area contributed by atoms with E-state index in [-0.39, 0.29) is 11.3 Å². The molecule has 22 heavy (non-hydrogen) atoms. The zero-order valence-electron chi connectivity index (χ0n) is 12.7. The summed E-state index contributed by atoms with van der Waals surface area (Å²) in [6.07, 6.45) is 1.65. The number of carbonyl (C=O) groups excluding carboxylic acids is 1. The molecule has 7 nitrogen and oxygen atoms in total. The summed E-state index contributed by atoms with van der Waals surface area (Å²) in [6.45, 7) is 5.59. The Bertz CT molecular complexity index is 838. The second-order valence-corrected chi connectivity index (χ2v) is 6.10. The number of nitrogens with two attached hydrogens (primary N) is 1. The summed E-state index contributed by atoms with van der Waals surface area (Å²) < 4.78 is 1.57. The fourth-order valence-electron chi connectivity index (χ4n) is 2.89. The molecule has 0 spiro atoms. The van der Waals surface area contributed by atoms with Gasteiger partial charge in [0, 0.05) is 12.5 Å². The highest BCUT2D eigenvalue weighted by Crippen LogP contribution is 2.32. The third kappa shape index (κ3) is 2.14. The second kappa shape index (κ2) is 4.66. The summed E-state index contributed by atoms with van der Waals surface area (Å²) in [5.41, 5.74) is 6.45. The Hall–Kier alpha value is -2.70. The molecule has 0 amide bonds. The fourth-order valence-corrected chi connectivity index (χ4v) is 2.89. The van der Waals surface area contributed by atoms with Crippen molar-refractivity contribution in [2.75, 3.05) is 11.1 Å². The zero-order chi connectivity index (χ0) is 16.1. The predicted molar refractivity (Wildman–Crippen MR) is 83.4 cm³/mol. The summed E-state index contributed by atoms with van der Waals surface area (Å²) in [7, 11) is 0. The predicted octanol–water partition coefficient (Wildman–Crippen LogP) is 1.59. The van der Waals surface area contributed by atoms with Gasteiger partial charge in [0.25, 0.3) is 5.56 Å². The SMILES string of the molecule is Cc1cc(Nc2cc(N)ncn2)c(=O)n2c1C(=O)CC2(C)C. The number of ketones is 1. The summed E-state index contributed by atoms with van der Waals surface area (Å²) in [4.78, 5) is 32.7. The van der Waals surface area contributed by atoms with E-state index >= 15 is 0 Å². The second-order valence-electron chi connectivity index (χ2n) is 6.10. The normalized spacial score (nSPS) is 15.7. The van der Waals surface area contributed by atoms with Gasteiger partial charge >= 0.3 is 0 Å². The number of aromatic nitrogens is 3. The van der Waals surface area contributed by atoms with Crippen molar-refractivity contribution < 1.29 is 4.79 Å². The molecular weight excluding hydrogens is 282 g/mol. The molecule has 114 valence electrons. The highest BCUT2D eigenvalue weighted by atomic mass is 16.1. The van der Waals surface area contributed by atoms with E-state index in [4.69, 9.17) is 5.73 Å². The number of carbonyl (C=O) groups is 1. The van der Waals surface area contributed by atoms with Crippen molar-refractivity contribution >= 4 is 23.1 Å². The number of Topliss-reactive ketones (excluding diaryl/α,β-unsaturated/α-hetero) is 1. The molecule has 0 aliphatic carbocycles. The van der Waals surface area contributed by atoms with Gasteiger partial charge in [-0.2, -0.15) is 0 Å². The van der Waals surface area contributed by atoms with Gasteiger partial charge in [-0.15, -0.1) is 0 Å². The van der Waals surface area contributed by atoms with Crippen LogP contribution in [0.5, 0.6) is 0 Å². The third-order valence-electron chi connectivity index (χ3n) is 3.81. The number of hydrogen-bond donors (Lipinski definition) is 2. The highest BCUT2D eigenvalue weighted by Gasteiger charge is 2.38. The van der Waals surface area contributed by atoms with Gasteiger partial charge in [0.2, 0.25) is 0 Å². The van der Waals surface area contributed by atoms with Gasteiger partial charge in [-0.25, -0.2) is 9.97 Å². The fraction of sp³-hybridized carbons (Fsp3) is 0.333. The average Bonchev–Trinajstić information content (AvgIpc) is 2.65. The van der Waals surface area contributed by atoms with Crippen molar-refractivity contribution in [3.63, 3.8) is 0 Å². The van der Waals surface area contributed by atoms with Crippen molar-refractivity contribution in [3.8, 4) is 0 Å². The minimum Gasteiger partial charge on any atom is -0.384 e. The van der Waals surface area contributed by atoms with Crippen LogP contribution in [0, 0.1) is 6.92 Å². The lowest BCUT2D eigenvalue weighted by Crippen LogP contribution is -2.34. The smallest absolute Gasteiger partial charge is 0.275 e. The lowest BCUT2D eigenvalue weighted by atomic mass is 10.0. The van der Waals surface area contributed by atoms with Crippen LogP contribution in [0.25, 0.3) is 0 Å². The molecule has 0 saturated carbocycles. The van der Waals surface area contributed by atoms with Crippen LogP contribution >= 0.6 is 0 Å². The van der Waals surface area contributed by atoms with Crippen molar-refractivity contribution in [2.24, 2.45) is 0 Å². The molecule has 1 aliphatic heterocycles. The molecule has 0 radical (unpaired) electrons. The van der Waals surface area contributed by atoms with Crippen LogP contribution in [0.15, 0.2) is 23.3 Å². The van der Waals surface area contributed by atoms with Gasteiger partial charge in [-0.3, -0.25) is 14.2 Å². The molecule has 3 heterocycles. The standard InChI is InChI=1S/C15H17N5O2/c1-8-4-9(19-12-5-11(16)17-7-18-12)14(22)20-13(8)10(21)6-15(20,2)3/h4-5,7H,6H2,1-3H3,(H3,16,17,18,19). The molecule has 0 unspecified atom stereocenters. The maximum absolute atomic E-state index is 12.7. The number of anilines is 3. The molecule has 2 aromatic rings. The number of nitrogens with one attached hydrogen (secondary N) is 1. The van der Waals surface area contributed by atoms with Crippen molar-refractivity contribution in [1.82, 2.24) is 14.5 Å². The molecule has 0 atom stereocenters. The Kier molecular flexibility index (Phi) is 3.01. The molecule has 3 N–H and O–H groups in total. The molecule has 0 fully saturated rings. The lowest BCUT2D eigenvalue weighted by Gasteiger charge is -2.22. The highest BCUT2D eigenvalue weighted by molar-refractivity contribution is 5.99. The van der Waals surface area contributed by atoms with Crippen LogP contribution in [0.2, 0.25) is 0 Å². The van der Waals surface area contributed by atoms with Crippen molar-refractivity contribution in [3.05, 3.63) is 40.1 Å². The van der Waals surface area contributed by atoms with Crippen LogP contribution in [-0.4, -0.2) is 20.3 Å². The molecule has 0 bridgehead atoms. The van der Waals surface area contributed by atoms with E-state index in [0.29, 0.717) is 29.4 Å². The van der Waals surface area contributed by atoms with Gasteiger partial charge in [0.1, 0.15) is 23.7 Å². The van der Waals surface area contributed by atoms with E-state index in [1.807, 2.05) is 20.8 Å². The molecule has 1 aliphatic rings. The average molecular weight is 299 g/mol. The maximum atomic E-state index is 12.7. The summed E-state index contributed by atoms with van der Waals surface area (Å²) >= 11 is 0.